The summed E-state index contributed by atoms with van der Waals surface area (Å²) < 4.78 is 0. The van der Waals surface area contributed by atoms with Crippen molar-refractivity contribution in [1.82, 2.24) is 9.97 Å². The van der Waals surface area contributed by atoms with Crippen molar-refractivity contribution in [3.8, 4) is 17.0 Å². The zero-order valence-corrected chi connectivity index (χ0v) is 8.90. The van der Waals surface area contributed by atoms with Gasteiger partial charge in [0.15, 0.2) is 5.88 Å². The largest absolute Gasteiger partial charge is 0.494 e. The van der Waals surface area contributed by atoms with E-state index in [0.29, 0.717) is 12.0 Å². The van der Waals surface area contributed by atoms with Gasteiger partial charge in [-0.25, -0.2) is 0 Å². The molecule has 0 aromatic carbocycles. The number of pyridine rings is 2. The van der Waals surface area contributed by atoms with Crippen LogP contribution in [-0.4, -0.2) is 15.1 Å². The van der Waals surface area contributed by atoms with Crippen LogP contribution in [0.25, 0.3) is 11.1 Å². The van der Waals surface area contributed by atoms with Crippen molar-refractivity contribution in [2.75, 3.05) is 0 Å². The van der Waals surface area contributed by atoms with Crippen molar-refractivity contribution in [2.24, 2.45) is 0 Å². The van der Waals surface area contributed by atoms with Gasteiger partial charge in [-0.3, -0.25) is 14.8 Å². The molecule has 4 nitrogen and oxygen atoms in total. The number of nitrogens with one attached hydrogen (secondary N) is 1. The monoisotopic (exact) mass is 216 g/mol. The fourth-order valence-electron chi connectivity index (χ4n) is 1.72. The first-order valence-electron chi connectivity index (χ1n) is 5.08. The van der Waals surface area contributed by atoms with Gasteiger partial charge in [-0.05, 0) is 29.7 Å². The topological polar surface area (TPSA) is 66.0 Å². The van der Waals surface area contributed by atoms with Crippen LogP contribution in [0.1, 0.15) is 12.5 Å². The van der Waals surface area contributed by atoms with E-state index in [4.69, 9.17) is 0 Å². The predicted octanol–water partition coefficient (Wildman–Crippen LogP) is 1.70. The van der Waals surface area contributed by atoms with E-state index < -0.39 is 0 Å². The van der Waals surface area contributed by atoms with E-state index in [2.05, 4.69) is 9.97 Å². The van der Waals surface area contributed by atoms with Crippen LogP contribution in [0.3, 0.4) is 0 Å². The Labute approximate surface area is 92.6 Å². The minimum Gasteiger partial charge on any atom is -0.494 e. The quantitative estimate of drug-likeness (QED) is 0.803. The third-order valence-corrected chi connectivity index (χ3v) is 2.45. The van der Waals surface area contributed by atoms with Gasteiger partial charge in [0.1, 0.15) is 0 Å². The Kier molecular flexibility index (Phi) is 2.72. The standard InChI is InChI=1S/C12H12N2O2/c1-2-8-7-10(15)14-12(16)11(8)9-3-5-13-6-4-9/h3-7H,2H2,1H3,(H2,14,15,16). The Balaban J connectivity index is 2.69. The highest BCUT2D eigenvalue weighted by Crippen LogP contribution is 2.29. The summed E-state index contributed by atoms with van der Waals surface area (Å²) in [5.41, 5.74) is 2.06. The van der Waals surface area contributed by atoms with E-state index >= 15 is 0 Å². The van der Waals surface area contributed by atoms with Crippen LogP contribution in [-0.2, 0) is 6.42 Å². The molecule has 0 spiro atoms. The molecular weight excluding hydrogens is 204 g/mol. The molecule has 0 aliphatic heterocycles. The Morgan fingerprint density at radius 1 is 1.38 bits per heavy atom. The molecule has 0 saturated carbocycles. The summed E-state index contributed by atoms with van der Waals surface area (Å²) in [6.45, 7) is 1.94. The number of rotatable bonds is 2. The van der Waals surface area contributed by atoms with E-state index in [0.717, 1.165) is 11.1 Å². The van der Waals surface area contributed by atoms with Gasteiger partial charge in [0, 0.05) is 24.0 Å². The zero-order valence-electron chi connectivity index (χ0n) is 8.90. The van der Waals surface area contributed by atoms with Crippen LogP contribution in [0.2, 0.25) is 0 Å². The minimum atomic E-state index is -0.285. The van der Waals surface area contributed by atoms with Crippen molar-refractivity contribution in [3.63, 3.8) is 0 Å². The maximum atomic E-state index is 11.2. The molecule has 0 unspecified atom stereocenters. The third kappa shape index (κ3) is 1.82. The second-order valence-electron chi connectivity index (χ2n) is 3.47. The Morgan fingerprint density at radius 3 is 2.69 bits per heavy atom. The molecule has 0 saturated heterocycles. The molecule has 0 aliphatic carbocycles. The lowest BCUT2D eigenvalue weighted by molar-refractivity contribution is 0.453. The third-order valence-electron chi connectivity index (χ3n) is 2.45. The molecule has 2 aromatic rings. The smallest absolute Gasteiger partial charge is 0.250 e. The van der Waals surface area contributed by atoms with E-state index in [1.165, 1.54) is 6.07 Å². The lowest BCUT2D eigenvalue weighted by Gasteiger charge is -2.08. The minimum absolute atomic E-state index is 0.0875. The van der Waals surface area contributed by atoms with Crippen LogP contribution in [0.15, 0.2) is 35.4 Å². The average molecular weight is 216 g/mol. The number of aryl methyl sites for hydroxylation is 1. The van der Waals surface area contributed by atoms with Crippen molar-refractivity contribution >= 4 is 0 Å². The molecular formula is C12H12N2O2. The molecule has 2 N–H and O–H groups in total. The Morgan fingerprint density at radius 2 is 2.06 bits per heavy atom. The first-order chi connectivity index (χ1) is 7.72. The summed E-state index contributed by atoms with van der Waals surface area (Å²) in [7, 11) is 0. The van der Waals surface area contributed by atoms with Crippen LogP contribution >= 0.6 is 0 Å². The van der Waals surface area contributed by atoms with Crippen LogP contribution in [0.4, 0.5) is 0 Å². The van der Waals surface area contributed by atoms with Gasteiger partial charge in [0.05, 0.1) is 0 Å². The number of aromatic hydroxyl groups is 1. The lowest BCUT2D eigenvalue weighted by Crippen LogP contribution is -2.07. The number of H-pyrrole nitrogens is 1. The summed E-state index contributed by atoms with van der Waals surface area (Å²) >= 11 is 0. The SMILES string of the molecule is CCc1cc(=O)[nH]c(O)c1-c1ccncc1. The Hall–Kier alpha value is -2.10. The fourth-order valence-corrected chi connectivity index (χ4v) is 1.72. The van der Waals surface area contributed by atoms with Gasteiger partial charge in [-0.15, -0.1) is 0 Å². The first kappa shape index (κ1) is 10.4. The molecule has 0 fully saturated rings. The summed E-state index contributed by atoms with van der Waals surface area (Å²) in [5, 5.41) is 9.78. The molecule has 0 radical (unpaired) electrons. The van der Waals surface area contributed by atoms with E-state index in [1.54, 1.807) is 24.5 Å². The highest BCUT2D eigenvalue weighted by Gasteiger charge is 2.10. The van der Waals surface area contributed by atoms with E-state index in [1.807, 2.05) is 6.92 Å². The second kappa shape index (κ2) is 4.18. The molecule has 4 heteroatoms. The summed E-state index contributed by atoms with van der Waals surface area (Å²) in [6, 6.07) is 5.11. The lowest BCUT2D eigenvalue weighted by atomic mass is 10.0. The van der Waals surface area contributed by atoms with Crippen molar-refractivity contribution < 1.29 is 5.11 Å². The van der Waals surface area contributed by atoms with Gasteiger partial charge in [-0.1, -0.05) is 6.92 Å². The van der Waals surface area contributed by atoms with Gasteiger partial charge < -0.3 is 5.11 Å². The summed E-state index contributed by atoms with van der Waals surface area (Å²) in [6.07, 6.45) is 3.99. The molecule has 2 aromatic heterocycles. The number of aromatic nitrogens is 2. The van der Waals surface area contributed by atoms with Crippen molar-refractivity contribution in [3.05, 3.63) is 46.5 Å². The molecule has 0 bridgehead atoms. The average Bonchev–Trinajstić information content (AvgIpc) is 2.29. The second-order valence-corrected chi connectivity index (χ2v) is 3.47. The van der Waals surface area contributed by atoms with Crippen molar-refractivity contribution in [2.45, 2.75) is 13.3 Å². The zero-order chi connectivity index (χ0) is 11.5. The Bertz CT molecular complexity index is 547. The van der Waals surface area contributed by atoms with Crippen molar-refractivity contribution in [1.29, 1.82) is 0 Å². The normalized spacial score (nSPS) is 10.3. The van der Waals surface area contributed by atoms with Crippen LogP contribution < -0.4 is 5.56 Å². The molecule has 16 heavy (non-hydrogen) atoms. The van der Waals surface area contributed by atoms with E-state index in [9.17, 15) is 9.90 Å². The predicted molar refractivity (Wildman–Crippen MR) is 61.3 cm³/mol. The van der Waals surface area contributed by atoms with Crippen LogP contribution in [0, 0.1) is 0 Å². The highest BCUT2D eigenvalue weighted by atomic mass is 16.3. The molecule has 2 heterocycles. The van der Waals surface area contributed by atoms with Gasteiger partial charge in [0.25, 0.3) is 5.56 Å². The van der Waals surface area contributed by atoms with Gasteiger partial charge in [-0.2, -0.15) is 0 Å². The number of hydrogen-bond donors (Lipinski definition) is 2. The molecule has 0 amide bonds. The molecule has 0 aliphatic rings. The molecule has 2 rings (SSSR count). The summed E-state index contributed by atoms with van der Waals surface area (Å²) in [5.74, 6) is -0.0875. The van der Waals surface area contributed by atoms with Crippen LogP contribution in [0.5, 0.6) is 5.88 Å². The maximum Gasteiger partial charge on any atom is 0.250 e. The van der Waals surface area contributed by atoms with Gasteiger partial charge >= 0.3 is 0 Å². The number of nitrogens with zero attached hydrogens (tertiary/aromatic N) is 1. The number of aromatic amines is 1. The van der Waals surface area contributed by atoms with E-state index in [-0.39, 0.29) is 11.4 Å². The first-order valence-corrected chi connectivity index (χ1v) is 5.08. The van der Waals surface area contributed by atoms with Gasteiger partial charge in [0.2, 0.25) is 0 Å². The highest BCUT2D eigenvalue weighted by molar-refractivity contribution is 5.71. The molecule has 82 valence electrons. The molecule has 0 atom stereocenters. The number of hydrogen-bond acceptors (Lipinski definition) is 3. The summed E-state index contributed by atoms with van der Waals surface area (Å²) in [4.78, 5) is 17.5. The maximum absolute atomic E-state index is 11.2. The fraction of sp³-hybridized carbons (Fsp3) is 0.167.